The average molecular weight is 272 g/mol. The van der Waals surface area contributed by atoms with Crippen molar-refractivity contribution in [2.75, 3.05) is 18.9 Å². The first-order valence-corrected chi connectivity index (χ1v) is 5.36. The number of rotatable bonds is 4. The smallest absolute Gasteiger partial charge is 0.243 e. The van der Waals surface area contributed by atoms with Gasteiger partial charge in [0.15, 0.2) is 0 Å². The lowest BCUT2D eigenvalue weighted by Crippen LogP contribution is -2.43. The molecule has 0 saturated heterocycles. The van der Waals surface area contributed by atoms with E-state index in [1.54, 1.807) is 26.1 Å². The number of carbonyl (C=O) groups excluding carboxylic acids is 2. The van der Waals surface area contributed by atoms with E-state index >= 15 is 0 Å². The Morgan fingerprint density at radius 3 is 2.39 bits per heavy atom. The molecule has 2 amide bonds. The van der Waals surface area contributed by atoms with Gasteiger partial charge in [0.05, 0.1) is 12.6 Å². The van der Waals surface area contributed by atoms with Gasteiger partial charge in [0.25, 0.3) is 0 Å². The first kappa shape index (κ1) is 16.4. The molecular formula is C12H18ClN3O2. The van der Waals surface area contributed by atoms with Crippen LogP contribution in [0.25, 0.3) is 0 Å². The number of benzene rings is 1. The van der Waals surface area contributed by atoms with Crippen molar-refractivity contribution in [1.29, 1.82) is 0 Å². The summed E-state index contributed by atoms with van der Waals surface area (Å²) in [6, 6.07) is 8.49. The number of anilines is 1. The molecule has 1 rings (SSSR count). The van der Waals surface area contributed by atoms with Gasteiger partial charge >= 0.3 is 0 Å². The van der Waals surface area contributed by atoms with Gasteiger partial charge in [-0.05, 0) is 19.1 Å². The summed E-state index contributed by atoms with van der Waals surface area (Å²) < 4.78 is 0. The minimum atomic E-state index is -0.593. The van der Waals surface area contributed by atoms with E-state index in [4.69, 9.17) is 5.73 Å². The molecule has 0 aliphatic heterocycles. The Labute approximate surface area is 113 Å². The highest BCUT2D eigenvalue weighted by molar-refractivity contribution is 5.95. The Hall–Kier alpha value is -1.59. The molecule has 0 bridgehead atoms. The minimum absolute atomic E-state index is 0. The Morgan fingerprint density at radius 1 is 1.33 bits per heavy atom. The van der Waals surface area contributed by atoms with Gasteiger partial charge in [0, 0.05) is 12.7 Å². The Morgan fingerprint density at radius 2 is 1.89 bits per heavy atom. The van der Waals surface area contributed by atoms with Crippen LogP contribution in [-0.4, -0.2) is 36.3 Å². The first-order chi connectivity index (χ1) is 8.00. The summed E-state index contributed by atoms with van der Waals surface area (Å²) >= 11 is 0. The molecule has 18 heavy (non-hydrogen) atoms. The van der Waals surface area contributed by atoms with Crippen LogP contribution >= 0.6 is 12.4 Å². The van der Waals surface area contributed by atoms with Gasteiger partial charge in [-0.3, -0.25) is 9.59 Å². The van der Waals surface area contributed by atoms with E-state index in [0.29, 0.717) is 5.69 Å². The van der Waals surface area contributed by atoms with Crippen LogP contribution in [0, 0.1) is 0 Å². The van der Waals surface area contributed by atoms with Gasteiger partial charge in [-0.1, -0.05) is 18.2 Å². The molecule has 1 aromatic carbocycles. The highest BCUT2D eigenvalue weighted by Crippen LogP contribution is 2.04. The summed E-state index contributed by atoms with van der Waals surface area (Å²) in [4.78, 5) is 24.4. The molecule has 100 valence electrons. The van der Waals surface area contributed by atoms with E-state index in [2.05, 4.69) is 5.32 Å². The lowest BCUT2D eigenvalue weighted by Gasteiger charge is -2.18. The average Bonchev–Trinajstić information content (AvgIpc) is 2.28. The number of hydrogen-bond acceptors (Lipinski definition) is 3. The largest absolute Gasteiger partial charge is 0.335 e. The summed E-state index contributed by atoms with van der Waals surface area (Å²) in [6.45, 7) is 1.59. The number of nitrogens with zero attached hydrogens (tertiary/aromatic N) is 1. The second-order valence-electron chi connectivity index (χ2n) is 3.90. The molecule has 0 spiro atoms. The van der Waals surface area contributed by atoms with Gasteiger partial charge in [-0.15, -0.1) is 12.4 Å². The molecule has 6 heteroatoms. The van der Waals surface area contributed by atoms with Crippen molar-refractivity contribution in [3.05, 3.63) is 30.3 Å². The van der Waals surface area contributed by atoms with Crippen LogP contribution in [0.2, 0.25) is 0 Å². The van der Waals surface area contributed by atoms with E-state index < -0.39 is 6.04 Å². The summed E-state index contributed by atoms with van der Waals surface area (Å²) in [6.07, 6.45) is 0. The SMILES string of the molecule is C[C@H](N)C(=O)N(C)CC(=O)Nc1ccccc1.Cl. The second kappa shape index (κ2) is 7.68. The van der Waals surface area contributed by atoms with Crippen molar-refractivity contribution in [2.45, 2.75) is 13.0 Å². The van der Waals surface area contributed by atoms with E-state index in [0.717, 1.165) is 0 Å². The summed E-state index contributed by atoms with van der Waals surface area (Å²) in [7, 11) is 1.55. The van der Waals surface area contributed by atoms with Crippen LogP contribution in [0.3, 0.4) is 0 Å². The number of hydrogen-bond donors (Lipinski definition) is 2. The van der Waals surface area contributed by atoms with Crippen LogP contribution < -0.4 is 11.1 Å². The predicted octanol–water partition coefficient (Wildman–Crippen LogP) is 0.853. The van der Waals surface area contributed by atoms with Crippen molar-refractivity contribution in [3.63, 3.8) is 0 Å². The third kappa shape index (κ3) is 5.16. The van der Waals surface area contributed by atoms with Crippen LogP contribution in [0.1, 0.15) is 6.92 Å². The van der Waals surface area contributed by atoms with Crippen LogP contribution in [-0.2, 0) is 9.59 Å². The van der Waals surface area contributed by atoms with Gasteiger partial charge < -0.3 is 16.0 Å². The van der Waals surface area contributed by atoms with Crippen LogP contribution in [0.5, 0.6) is 0 Å². The molecule has 0 heterocycles. The van der Waals surface area contributed by atoms with Crippen molar-refractivity contribution >= 4 is 29.9 Å². The molecule has 0 aliphatic carbocycles. The minimum Gasteiger partial charge on any atom is -0.335 e. The van der Waals surface area contributed by atoms with Gasteiger partial charge in [-0.2, -0.15) is 0 Å². The Balaban J connectivity index is 0.00000289. The van der Waals surface area contributed by atoms with Crippen molar-refractivity contribution in [1.82, 2.24) is 4.90 Å². The fourth-order valence-electron chi connectivity index (χ4n) is 1.36. The molecule has 1 atom stereocenters. The lowest BCUT2D eigenvalue weighted by molar-refractivity contribution is -0.134. The van der Waals surface area contributed by atoms with Crippen molar-refractivity contribution in [2.24, 2.45) is 5.73 Å². The maximum atomic E-state index is 11.6. The zero-order valence-corrected chi connectivity index (χ0v) is 11.2. The fourth-order valence-corrected chi connectivity index (χ4v) is 1.36. The molecule has 0 unspecified atom stereocenters. The van der Waals surface area contributed by atoms with Gasteiger partial charge in [-0.25, -0.2) is 0 Å². The second-order valence-corrected chi connectivity index (χ2v) is 3.90. The quantitative estimate of drug-likeness (QED) is 0.853. The topological polar surface area (TPSA) is 75.4 Å². The highest BCUT2D eigenvalue weighted by atomic mass is 35.5. The summed E-state index contributed by atoms with van der Waals surface area (Å²) in [5, 5.41) is 2.69. The monoisotopic (exact) mass is 271 g/mol. The number of halogens is 1. The normalized spacial score (nSPS) is 11.1. The third-order valence-electron chi connectivity index (χ3n) is 2.20. The number of nitrogens with two attached hydrogens (primary N) is 1. The Kier molecular flexibility index (Phi) is 7.00. The van der Waals surface area contributed by atoms with Crippen LogP contribution in [0.4, 0.5) is 5.69 Å². The maximum absolute atomic E-state index is 11.6. The van der Waals surface area contributed by atoms with E-state index in [1.807, 2.05) is 18.2 Å². The lowest BCUT2D eigenvalue weighted by atomic mass is 10.3. The molecule has 3 N–H and O–H groups in total. The van der Waals surface area contributed by atoms with E-state index in [9.17, 15) is 9.59 Å². The molecule has 0 aromatic heterocycles. The highest BCUT2D eigenvalue weighted by Gasteiger charge is 2.16. The summed E-state index contributed by atoms with van der Waals surface area (Å²) in [5.41, 5.74) is 6.15. The van der Waals surface area contributed by atoms with Crippen LogP contribution in [0.15, 0.2) is 30.3 Å². The number of carbonyl (C=O) groups is 2. The third-order valence-corrected chi connectivity index (χ3v) is 2.20. The number of likely N-dealkylation sites (N-methyl/N-ethyl adjacent to an activating group) is 1. The fraction of sp³-hybridized carbons (Fsp3) is 0.333. The number of nitrogens with one attached hydrogen (secondary N) is 1. The predicted molar refractivity (Wildman–Crippen MR) is 73.6 cm³/mol. The number of para-hydroxylation sites is 1. The first-order valence-electron chi connectivity index (χ1n) is 5.36. The zero-order valence-electron chi connectivity index (χ0n) is 10.4. The molecule has 1 aromatic rings. The molecule has 0 saturated carbocycles. The van der Waals surface area contributed by atoms with Crippen molar-refractivity contribution < 1.29 is 9.59 Å². The van der Waals surface area contributed by atoms with E-state index in [-0.39, 0.29) is 30.8 Å². The molecule has 0 radical (unpaired) electrons. The Bertz CT molecular complexity index is 396. The molecule has 0 fully saturated rings. The molecular weight excluding hydrogens is 254 g/mol. The standard InChI is InChI=1S/C12H17N3O2.ClH/c1-9(13)12(17)15(2)8-11(16)14-10-6-4-3-5-7-10;/h3-7,9H,8,13H2,1-2H3,(H,14,16);1H/t9-;/m0./s1. The zero-order chi connectivity index (χ0) is 12.8. The molecule has 5 nitrogen and oxygen atoms in total. The number of amides is 2. The summed E-state index contributed by atoms with van der Waals surface area (Å²) in [5.74, 6) is -0.499. The maximum Gasteiger partial charge on any atom is 0.243 e. The van der Waals surface area contributed by atoms with Crippen molar-refractivity contribution in [3.8, 4) is 0 Å². The van der Waals surface area contributed by atoms with E-state index in [1.165, 1.54) is 4.90 Å². The molecule has 0 aliphatic rings. The van der Waals surface area contributed by atoms with Gasteiger partial charge in [0.2, 0.25) is 11.8 Å². The van der Waals surface area contributed by atoms with Gasteiger partial charge in [0.1, 0.15) is 0 Å².